The van der Waals surface area contributed by atoms with E-state index in [1.54, 1.807) is 36.4 Å². The molecule has 1 N–H and O–H groups in total. The highest BCUT2D eigenvalue weighted by Crippen LogP contribution is 2.18. The van der Waals surface area contributed by atoms with Gasteiger partial charge in [0.15, 0.2) is 5.76 Å². The number of carbonyl (C=O) groups is 2. The Labute approximate surface area is 103 Å². The molecule has 2 rings (SSSR count). The van der Waals surface area contributed by atoms with Gasteiger partial charge < -0.3 is 14.5 Å². The van der Waals surface area contributed by atoms with Gasteiger partial charge >= 0.3 is 5.97 Å². The number of nitrogens with one attached hydrogen (secondary N) is 1. The topological polar surface area (TPSA) is 68.5 Å². The zero-order valence-corrected chi connectivity index (χ0v) is 9.67. The van der Waals surface area contributed by atoms with Crippen molar-refractivity contribution in [3.05, 3.63) is 48.4 Å². The number of rotatable bonds is 3. The fourth-order valence-corrected chi connectivity index (χ4v) is 1.40. The first-order valence-electron chi connectivity index (χ1n) is 5.28. The van der Waals surface area contributed by atoms with Crippen molar-refractivity contribution >= 4 is 17.6 Å². The number of amides is 1. The molecule has 0 unspecified atom stereocenters. The van der Waals surface area contributed by atoms with Crippen LogP contribution in [-0.4, -0.2) is 11.9 Å². The summed E-state index contributed by atoms with van der Waals surface area (Å²) in [7, 11) is 0. The summed E-state index contributed by atoms with van der Waals surface area (Å²) in [5.74, 6) is -0.183. The molecule has 2 aromatic rings. The summed E-state index contributed by atoms with van der Waals surface area (Å²) >= 11 is 0. The Morgan fingerprint density at radius 1 is 1.22 bits per heavy atom. The molecule has 1 heterocycles. The minimum absolute atomic E-state index is 0.216. The summed E-state index contributed by atoms with van der Waals surface area (Å²) in [6, 6.07) is 9.74. The quantitative estimate of drug-likeness (QED) is 0.666. The van der Waals surface area contributed by atoms with Gasteiger partial charge in [-0.3, -0.25) is 9.59 Å². The molecule has 1 aromatic carbocycles. The van der Waals surface area contributed by atoms with Gasteiger partial charge in [-0.1, -0.05) is 6.07 Å². The zero-order chi connectivity index (χ0) is 13.0. The molecule has 1 aromatic heterocycles. The SMILES string of the molecule is CC(=O)Oc1cccc(NC(=O)c2ccco2)c1. The highest BCUT2D eigenvalue weighted by Gasteiger charge is 2.09. The second-order valence-corrected chi connectivity index (χ2v) is 3.55. The Bertz CT molecular complexity index is 560. The molecule has 0 atom stereocenters. The Morgan fingerprint density at radius 3 is 2.72 bits per heavy atom. The van der Waals surface area contributed by atoms with Crippen LogP contribution in [0.25, 0.3) is 0 Å². The number of anilines is 1. The van der Waals surface area contributed by atoms with E-state index in [0.717, 1.165) is 0 Å². The lowest BCUT2D eigenvalue weighted by Gasteiger charge is -2.05. The zero-order valence-electron chi connectivity index (χ0n) is 9.67. The predicted octanol–water partition coefficient (Wildman–Crippen LogP) is 2.46. The van der Waals surface area contributed by atoms with E-state index in [2.05, 4.69) is 5.32 Å². The van der Waals surface area contributed by atoms with Gasteiger partial charge in [0.1, 0.15) is 5.75 Å². The molecule has 0 saturated carbocycles. The van der Waals surface area contributed by atoms with Crippen LogP contribution in [0.4, 0.5) is 5.69 Å². The molecule has 0 spiro atoms. The number of esters is 1. The van der Waals surface area contributed by atoms with Crippen molar-refractivity contribution < 1.29 is 18.7 Å². The number of ether oxygens (including phenoxy) is 1. The lowest BCUT2D eigenvalue weighted by atomic mass is 10.3. The van der Waals surface area contributed by atoms with Crippen LogP contribution in [-0.2, 0) is 4.79 Å². The van der Waals surface area contributed by atoms with E-state index in [0.29, 0.717) is 11.4 Å². The molecule has 0 fully saturated rings. The summed E-state index contributed by atoms with van der Waals surface area (Å²) in [6.07, 6.45) is 1.42. The van der Waals surface area contributed by atoms with Crippen molar-refractivity contribution in [1.82, 2.24) is 0 Å². The third-order valence-corrected chi connectivity index (χ3v) is 2.10. The van der Waals surface area contributed by atoms with Crippen LogP contribution < -0.4 is 10.1 Å². The maximum atomic E-state index is 11.7. The highest BCUT2D eigenvalue weighted by atomic mass is 16.5. The molecule has 5 heteroatoms. The van der Waals surface area contributed by atoms with Crippen LogP contribution in [0.15, 0.2) is 47.1 Å². The van der Waals surface area contributed by atoms with Crippen LogP contribution in [0, 0.1) is 0 Å². The monoisotopic (exact) mass is 245 g/mol. The van der Waals surface area contributed by atoms with Gasteiger partial charge in [-0.2, -0.15) is 0 Å². The number of benzene rings is 1. The minimum atomic E-state index is -0.412. The number of hydrogen-bond acceptors (Lipinski definition) is 4. The smallest absolute Gasteiger partial charge is 0.308 e. The first kappa shape index (κ1) is 11.9. The summed E-state index contributed by atoms with van der Waals surface area (Å²) in [4.78, 5) is 22.5. The molecule has 0 aliphatic rings. The van der Waals surface area contributed by atoms with Gasteiger partial charge in [0.2, 0.25) is 0 Å². The maximum absolute atomic E-state index is 11.7. The van der Waals surface area contributed by atoms with Crippen molar-refractivity contribution in [2.75, 3.05) is 5.32 Å². The van der Waals surface area contributed by atoms with Gasteiger partial charge in [-0.25, -0.2) is 0 Å². The van der Waals surface area contributed by atoms with Crippen LogP contribution in [0.3, 0.4) is 0 Å². The standard InChI is InChI=1S/C13H11NO4/c1-9(15)18-11-5-2-4-10(8-11)14-13(16)12-6-3-7-17-12/h2-8H,1H3,(H,14,16). The Balaban J connectivity index is 2.10. The first-order valence-corrected chi connectivity index (χ1v) is 5.28. The van der Waals surface area contributed by atoms with E-state index >= 15 is 0 Å². The van der Waals surface area contributed by atoms with Gasteiger partial charge in [-0.05, 0) is 24.3 Å². The molecule has 0 aliphatic carbocycles. The van der Waals surface area contributed by atoms with Crippen molar-refractivity contribution in [1.29, 1.82) is 0 Å². The summed E-state index contributed by atoms with van der Waals surface area (Å²) in [6.45, 7) is 1.31. The van der Waals surface area contributed by atoms with Crippen molar-refractivity contribution in [2.45, 2.75) is 6.92 Å². The second-order valence-electron chi connectivity index (χ2n) is 3.55. The highest BCUT2D eigenvalue weighted by molar-refractivity contribution is 6.02. The Morgan fingerprint density at radius 2 is 2.06 bits per heavy atom. The van der Waals surface area contributed by atoms with E-state index in [1.807, 2.05) is 0 Å². The van der Waals surface area contributed by atoms with E-state index in [1.165, 1.54) is 13.2 Å². The fourth-order valence-electron chi connectivity index (χ4n) is 1.40. The third kappa shape index (κ3) is 2.98. The van der Waals surface area contributed by atoms with Gasteiger partial charge in [0.05, 0.1) is 6.26 Å². The molecular weight excluding hydrogens is 234 g/mol. The van der Waals surface area contributed by atoms with Crippen LogP contribution >= 0.6 is 0 Å². The number of furan rings is 1. The van der Waals surface area contributed by atoms with Crippen molar-refractivity contribution in [3.8, 4) is 5.75 Å². The van der Waals surface area contributed by atoms with Crippen LogP contribution in [0.5, 0.6) is 5.75 Å². The Hall–Kier alpha value is -2.56. The lowest BCUT2D eigenvalue weighted by molar-refractivity contribution is -0.131. The lowest BCUT2D eigenvalue weighted by Crippen LogP contribution is -2.11. The number of carbonyl (C=O) groups excluding carboxylic acids is 2. The van der Waals surface area contributed by atoms with Crippen LogP contribution in [0.1, 0.15) is 17.5 Å². The van der Waals surface area contributed by atoms with E-state index < -0.39 is 5.97 Å². The summed E-state index contributed by atoms with van der Waals surface area (Å²) in [5.41, 5.74) is 0.523. The van der Waals surface area contributed by atoms with E-state index in [-0.39, 0.29) is 11.7 Å². The molecule has 92 valence electrons. The second kappa shape index (κ2) is 5.18. The maximum Gasteiger partial charge on any atom is 0.308 e. The van der Waals surface area contributed by atoms with E-state index in [9.17, 15) is 9.59 Å². The molecule has 0 radical (unpaired) electrons. The van der Waals surface area contributed by atoms with Gasteiger partial charge in [0, 0.05) is 18.7 Å². The average Bonchev–Trinajstić information content (AvgIpc) is 2.81. The molecular formula is C13H11NO4. The molecule has 1 amide bonds. The van der Waals surface area contributed by atoms with Crippen LogP contribution in [0.2, 0.25) is 0 Å². The predicted molar refractivity (Wildman–Crippen MR) is 64.4 cm³/mol. The summed E-state index contributed by atoms with van der Waals surface area (Å²) < 4.78 is 9.88. The molecule has 0 saturated heterocycles. The normalized spacial score (nSPS) is 9.83. The fraction of sp³-hybridized carbons (Fsp3) is 0.0769. The summed E-state index contributed by atoms with van der Waals surface area (Å²) in [5, 5.41) is 2.63. The molecule has 0 aliphatic heterocycles. The third-order valence-electron chi connectivity index (χ3n) is 2.10. The first-order chi connectivity index (χ1) is 8.65. The molecule has 18 heavy (non-hydrogen) atoms. The minimum Gasteiger partial charge on any atom is -0.459 e. The molecule has 0 bridgehead atoms. The number of hydrogen-bond donors (Lipinski definition) is 1. The van der Waals surface area contributed by atoms with Crippen molar-refractivity contribution in [2.24, 2.45) is 0 Å². The van der Waals surface area contributed by atoms with Gasteiger partial charge in [0.25, 0.3) is 5.91 Å². The Kier molecular flexibility index (Phi) is 3.43. The van der Waals surface area contributed by atoms with Crippen molar-refractivity contribution in [3.63, 3.8) is 0 Å². The van der Waals surface area contributed by atoms with Gasteiger partial charge in [-0.15, -0.1) is 0 Å². The average molecular weight is 245 g/mol. The van der Waals surface area contributed by atoms with E-state index in [4.69, 9.17) is 9.15 Å². The largest absolute Gasteiger partial charge is 0.459 e. The molecule has 5 nitrogen and oxygen atoms in total.